The van der Waals surface area contributed by atoms with Crippen LogP contribution in [0.2, 0.25) is 0 Å². The van der Waals surface area contributed by atoms with Crippen LogP contribution in [0.1, 0.15) is 26.3 Å². The van der Waals surface area contributed by atoms with Crippen molar-refractivity contribution in [2.75, 3.05) is 0 Å². The molecule has 0 spiro atoms. The van der Waals surface area contributed by atoms with Crippen LogP contribution in [-0.4, -0.2) is 27.7 Å². The molecule has 0 saturated heterocycles. The molecule has 0 radical (unpaired) electrons. The highest BCUT2D eigenvalue weighted by Gasteiger charge is 2.32. The SMILES string of the molecule is CC(C)(C)N(C(=O)O)[C@H](C=C(Br)Br)Cc1ccccc1. The summed E-state index contributed by atoms with van der Waals surface area (Å²) in [6.07, 6.45) is 1.58. The molecule has 20 heavy (non-hydrogen) atoms. The molecule has 1 rings (SSSR count). The molecule has 0 aromatic heterocycles. The van der Waals surface area contributed by atoms with E-state index in [-0.39, 0.29) is 6.04 Å². The highest BCUT2D eigenvalue weighted by Crippen LogP contribution is 2.24. The van der Waals surface area contributed by atoms with Crippen molar-refractivity contribution < 1.29 is 9.90 Å². The van der Waals surface area contributed by atoms with E-state index in [1.165, 1.54) is 4.90 Å². The molecular weight excluding hydrogens is 386 g/mol. The Kier molecular flexibility index (Phi) is 6.27. The van der Waals surface area contributed by atoms with Gasteiger partial charge in [-0.15, -0.1) is 0 Å². The van der Waals surface area contributed by atoms with Crippen molar-refractivity contribution in [3.8, 4) is 0 Å². The first-order chi connectivity index (χ1) is 9.21. The first kappa shape index (κ1) is 17.2. The number of nitrogens with zero attached hydrogens (tertiary/aromatic N) is 1. The lowest BCUT2D eigenvalue weighted by atomic mass is 9.98. The number of benzene rings is 1. The van der Waals surface area contributed by atoms with E-state index in [0.717, 1.165) is 8.96 Å². The summed E-state index contributed by atoms with van der Waals surface area (Å²) in [7, 11) is 0. The van der Waals surface area contributed by atoms with Gasteiger partial charge < -0.3 is 5.11 Å². The van der Waals surface area contributed by atoms with Gasteiger partial charge in [-0.05, 0) is 70.7 Å². The van der Waals surface area contributed by atoms with Gasteiger partial charge in [0.25, 0.3) is 0 Å². The zero-order valence-corrected chi connectivity index (χ0v) is 15.0. The van der Waals surface area contributed by atoms with Crippen LogP contribution in [0.3, 0.4) is 0 Å². The van der Waals surface area contributed by atoms with Gasteiger partial charge in [-0.1, -0.05) is 30.3 Å². The minimum Gasteiger partial charge on any atom is -0.465 e. The Bertz CT molecular complexity index is 476. The first-order valence-corrected chi connectivity index (χ1v) is 7.89. The molecule has 1 N–H and O–H groups in total. The van der Waals surface area contributed by atoms with Crippen LogP contribution < -0.4 is 0 Å². The van der Waals surface area contributed by atoms with Crippen molar-refractivity contribution in [3.63, 3.8) is 0 Å². The van der Waals surface area contributed by atoms with Crippen LogP contribution in [0, 0.1) is 0 Å². The summed E-state index contributed by atoms with van der Waals surface area (Å²) in [4.78, 5) is 13.1. The topological polar surface area (TPSA) is 40.5 Å². The molecule has 0 heterocycles. The van der Waals surface area contributed by atoms with E-state index in [9.17, 15) is 9.90 Å². The summed E-state index contributed by atoms with van der Waals surface area (Å²) in [5.41, 5.74) is 0.627. The smallest absolute Gasteiger partial charge is 0.408 e. The van der Waals surface area contributed by atoms with Crippen LogP contribution in [-0.2, 0) is 6.42 Å². The molecule has 1 amide bonds. The first-order valence-electron chi connectivity index (χ1n) is 6.31. The van der Waals surface area contributed by atoms with Gasteiger partial charge in [0.1, 0.15) is 0 Å². The second kappa shape index (κ2) is 7.27. The fourth-order valence-electron chi connectivity index (χ4n) is 2.15. The largest absolute Gasteiger partial charge is 0.465 e. The quantitative estimate of drug-likeness (QED) is 0.766. The maximum atomic E-state index is 11.6. The zero-order valence-electron chi connectivity index (χ0n) is 11.8. The van der Waals surface area contributed by atoms with Crippen LogP contribution in [0.15, 0.2) is 39.8 Å². The van der Waals surface area contributed by atoms with Crippen molar-refractivity contribution in [1.29, 1.82) is 0 Å². The monoisotopic (exact) mass is 403 g/mol. The van der Waals surface area contributed by atoms with Crippen molar-refractivity contribution in [1.82, 2.24) is 4.90 Å². The Morgan fingerprint density at radius 2 is 1.85 bits per heavy atom. The predicted octanol–water partition coefficient (Wildman–Crippen LogP) is 5.01. The Labute approximate surface area is 136 Å². The van der Waals surface area contributed by atoms with Crippen molar-refractivity contribution in [2.24, 2.45) is 0 Å². The molecule has 1 aromatic carbocycles. The molecular formula is C15H19Br2NO2. The highest BCUT2D eigenvalue weighted by molar-refractivity contribution is 9.28. The Morgan fingerprint density at radius 1 is 1.30 bits per heavy atom. The fraction of sp³-hybridized carbons (Fsp3) is 0.400. The van der Waals surface area contributed by atoms with E-state index in [2.05, 4.69) is 31.9 Å². The number of carboxylic acid groups (broad SMARTS) is 1. The van der Waals surface area contributed by atoms with Gasteiger partial charge in [0.05, 0.1) is 9.43 Å². The van der Waals surface area contributed by atoms with Gasteiger partial charge >= 0.3 is 6.09 Å². The molecule has 0 aliphatic rings. The van der Waals surface area contributed by atoms with Crippen LogP contribution in [0.5, 0.6) is 0 Å². The number of halogens is 2. The van der Waals surface area contributed by atoms with Crippen molar-refractivity contribution in [3.05, 3.63) is 45.4 Å². The molecule has 0 aliphatic carbocycles. The predicted molar refractivity (Wildman–Crippen MR) is 89.5 cm³/mol. The van der Waals surface area contributed by atoms with Crippen molar-refractivity contribution in [2.45, 2.75) is 38.8 Å². The molecule has 0 unspecified atom stereocenters. The third kappa shape index (κ3) is 5.29. The summed E-state index contributed by atoms with van der Waals surface area (Å²) >= 11 is 6.66. The maximum absolute atomic E-state index is 11.6. The molecule has 1 aromatic rings. The average molecular weight is 405 g/mol. The van der Waals surface area contributed by atoms with E-state index < -0.39 is 11.6 Å². The van der Waals surface area contributed by atoms with Crippen LogP contribution in [0.4, 0.5) is 4.79 Å². The summed E-state index contributed by atoms with van der Waals surface area (Å²) in [6, 6.07) is 9.64. The van der Waals surface area contributed by atoms with Gasteiger partial charge in [0.15, 0.2) is 0 Å². The standard InChI is InChI=1S/C15H19Br2NO2/c1-15(2,3)18(14(19)20)12(10-13(16)17)9-11-7-5-4-6-8-11/h4-8,10,12H,9H2,1-3H3,(H,19,20)/t12-/m0/s1. The zero-order chi connectivity index (χ0) is 15.3. The van der Waals surface area contributed by atoms with E-state index in [0.29, 0.717) is 6.42 Å². The number of hydrogen-bond acceptors (Lipinski definition) is 1. The van der Waals surface area contributed by atoms with Gasteiger partial charge in [0, 0.05) is 5.54 Å². The number of amides is 1. The number of carbonyl (C=O) groups is 1. The highest BCUT2D eigenvalue weighted by atomic mass is 79.9. The van der Waals surface area contributed by atoms with E-state index in [1.807, 2.05) is 57.2 Å². The van der Waals surface area contributed by atoms with Crippen LogP contribution in [0.25, 0.3) is 0 Å². The number of hydrogen-bond donors (Lipinski definition) is 1. The normalized spacial score (nSPS) is 12.7. The fourth-order valence-corrected chi connectivity index (χ4v) is 2.76. The molecule has 0 aliphatic heterocycles. The molecule has 110 valence electrons. The number of rotatable bonds is 4. The van der Waals surface area contributed by atoms with E-state index in [4.69, 9.17) is 0 Å². The molecule has 5 heteroatoms. The van der Waals surface area contributed by atoms with Crippen molar-refractivity contribution >= 4 is 38.0 Å². The summed E-state index contributed by atoms with van der Waals surface area (Å²) in [6.45, 7) is 5.69. The average Bonchev–Trinajstić information content (AvgIpc) is 2.26. The van der Waals surface area contributed by atoms with Gasteiger partial charge in [-0.25, -0.2) is 4.79 Å². The van der Waals surface area contributed by atoms with E-state index in [1.54, 1.807) is 0 Å². The summed E-state index contributed by atoms with van der Waals surface area (Å²) < 4.78 is 0.751. The minimum absolute atomic E-state index is 0.247. The van der Waals surface area contributed by atoms with Gasteiger partial charge in [-0.3, -0.25) is 4.90 Å². The second-order valence-corrected chi connectivity index (χ2v) is 8.31. The Hall–Kier alpha value is -0.810. The van der Waals surface area contributed by atoms with Gasteiger partial charge in [0.2, 0.25) is 0 Å². The summed E-state index contributed by atoms with van der Waals surface area (Å²) in [5, 5.41) is 9.54. The molecule has 0 bridgehead atoms. The lowest BCUT2D eigenvalue weighted by Gasteiger charge is -2.38. The Balaban J connectivity index is 3.11. The Morgan fingerprint density at radius 3 is 2.25 bits per heavy atom. The lowest BCUT2D eigenvalue weighted by Crippen LogP contribution is -2.51. The third-order valence-electron chi connectivity index (χ3n) is 2.87. The molecule has 1 atom stereocenters. The molecule has 0 saturated carbocycles. The lowest BCUT2D eigenvalue weighted by molar-refractivity contribution is 0.0833. The second-order valence-electron chi connectivity index (χ2n) is 5.54. The third-order valence-corrected chi connectivity index (χ3v) is 3.40. The van der Waals surface area contributed by atoms with Gasteiger partial charge in [-0.2, -0.15) is 0 Å². The van der Waals surface area contributed by atoms with Crippen LogP contribution >= 0.6 is 31.9 Å². The minimum atomic E-state index is -0.920. The maximum Gasteiger partial charge on any atom is 0.408 e. The summed E-state index contributed by atoms with van der Waals surface area (Å²) in [5.74, 6) is 0. The molecule has 3 nitrogen and oxygen atoms in total. The van der Waals surface area contributed by atoms with E-state index >= 15 is 0 Å². The molecule has 0 fully saturated rings.